The van der Waals surface area contributed by atoms with Gasteiger partial charge in [-0.05, 0) is 30.7 Å². The Morgan fingerprint density at radius 3 is 2.86 bits per heavy atom. The fourth-order valence-corrected chi connectivity index (χ4v) is 4.56. The number of nitrogens with zero attached hydrogens (tertiary/aromatic N) is 3. The predicted molar refractivity (Wildman–Crippen MR) is 114 cm³/mol. The van der Waals surface area contributed by atoms with E-state index in [1.165, 1.54) is 0 Å². The van der Waals surface area contributed by atoms with Gasteiger partial charge in [0.2, 0.25) is 5.56 Å². The summed E-state index contributed by atoms with van der Waals surface area (Å²) in [6, 6.07) is 15.3. The Morgan fingerprint density at radius 2 is 2.04 bits per heavy atom. The molecule has 0 saturated heterocycles. The van der Waals surface area contributed by atoms with Gasteiger partial charge >= 0.3 is 0 Å². The van der Waals surface area contributed by atoms with E-state index in [1.807, 2.05) is 48.8 Å². The molecule has 0 bridgehead atoms. The number of aromatic amines is 1. The van der Waals surface area contributed by atoms with Gasteiger partial charge in [0.25, 0.3) is 0 Å². The molecule has 0 aliphatic rings. The van der Waals surface area contributed by atoms with Gasteiger partial charge in [-0.3, -0.25) is 4.79 Å². The number of imidazole rings is 1. The highest BCUT2D eigenvalue weighted by Gasteiger charge is 2.17. The second-order valence-electron chi connectivity index (χ2n) is 6.60. The van der Waals surface area contributed by atoms with Gasteiger partial charge < -0.3 is 9.55 Å². The van der Waals surface area contributed by atoms with Crippen molar-refractivity contribution in [3.05, 3.63) is 80.7 Å². The molecule has 0 aliphatic heterocycles. The summed E-state index contributed by atoms with van der Waals surface area (Å²) in [5.74, 6) is 0.858. The average molecular weight is 407 g/mol. The van der Waals surface area contributed by atoms with Crippen molar-refractivity contribution in [1.29, 1.82) is 0 Å². The lowest BCUT2D eigenvalue weighted by Gasteiger charge is -2.12. The monoisotopic (exact) mass is 406 g/mol. The van der Waals surface area contributed by atoms with Crippen LogP contribution >= 0.6 is 22.9 Å². The number of thiazole rings is 1. The van der Waals surface area contributed by atoms with E-state index in [0.29, 0.717) is 17.1 Å². The quantitative estimate of drug-likeness (QED) is 0.458. The van der Waals surface area contributed by atoms with Gasteiger partial charge in [0.15, 0.2) is 5.82 Å². The molecule has 0 atom stereocenters. The smallest absolute Gasteiger partial charge is 0.248 e. The molecule has 5 rings (SSSR count). The van der Waals surface area contributed by atoms with Crippen molar-refractivity contribution in [3.8, 4) is 10.7 Å². The van der Waals surface area contributed by atoms with Crippen LogP contribution in [0.25, 0.3) is 32.6 Å². The fraction of sp³-hybridized carbons (Fsp3) is 0.0952. The van der Waals surface area contributed by atoms with Crippen LogP contribution in [0.4, 0.5) is 0 Å². The number of benzene rings is 2. The van der Waals surface area contributed by atoms with Gasteiger partial charge in [-0.15, -0.1) is 11.3 Å². The lowest BCUT2D eigenvalue weighted by molar-refractivity contribution is 0.838. The number of aromatic nitrogens is 4. The maximum absolute atomic E-state index is 12.3. The van der Waals surface area contributed by atoms with E-state index in [1.54, 1.807) is 23.5 Å². The van der Waals surface area contributed by atoms with Crippen LogP contribution in [0.1, 0.15) is 11.3 Å². The topological polar surface area (TPSA) is 63.6 Å². The number of pyridine rings is 1. The number of fused-ring (bicyclic) bond motifs is 2. The molecule has 2 aromatic carbocycles. The fourth-order valence-electron chi connectivity index (χ4n) is 3.54. The molecule has 0 radical (unpaired) electrons. The zero-order valence-corrected chi connectivity index (χ0v) is 16.5. The molecule has 0 unspecified atom stereocenters. The van der Waals surface area contributed by atoms with Gasteiger partial charge in [0.1, 0.15) is 0 Å². The summed E-state index contributed by atoms with van der Waals surface area (Å²) in [5, 5.41) is 1.46. The molecule has 0 amide bonds. The number of para-hydroxylation sites is 3. The largest absolute Gasteiger partial charge is 0.321 e. The standard InChI is InChI=1S/C21H15ClN4OS/c1-12-20(28-11-23-12)21-24-16-7-2-3-8-17(16)26(21)10-13-9-18(27)25-19-14(13)5-4-6-15(19)22/h2-9,11H,10H2,1H3,(H,25,27). The van der Waals surface area contributed by atoms with E-state index in [4.69, 9.17) is 16.6 Å². The van der Waals surface area contributed by atoms with Crippen molar-refractivity contribution >= 4 is 44.9 Å². The highest BCUT2D eigenvalue weighted by molar-refractivity contribution is 7.13. The van der Waals surface area contributed by atoms with E-state index < -0.39 is 0 Å². The van der Waals surface area contributed by atoms with E-state index in [9.17, 15) is 4.79 Å². The third-order valence-corrected chi connectivity index (χ3v) is 6.08. The Hall–Kier alpha value is -2.96. The summed E-state index contributed by atoms with van der Waals surface area (Å²) in [6.07, 6.45) is 0. The van der Waals surface area contributed by atoms with Gasteiger partial charge in [0.05, 0.1) is 44.2 Å². The number of rotatable bonds is 3. The van der Waals surface area contributed by atoms with Crippen LogP contribution in [0.3, 0.4) is 0 Å². The molecule has 1 N–H and O–H groups in total. The first-order valence-electron chi connectivity index (χ1n) is 8.78. The number of H-pyrrole nitrogens is 1. The van der Waals surface area contributed by atoms with Crippen LogP contribution in [0, 0.1) is 6.92 Å². The highest BCUT2D eigenvalue weighted by Crippen LogP contribution is 2.32. The Balaban J connectivity index is 1.78. The van der Waals surface area contributed by atoms with Crippen molar-refractivity contribution in [2.24, 2.45) is 0 Å². The van der Waals surface area contributed by atoms with Crippen LogP contribution in [-0.2, 0) is 6.54 Å². The van der Waals surface area contributed by atoms with Crippen LogP contribution in [0.2, 0.25) is 5.02 Å². The third-order valence-electron chi connectivity index (χ3n) is 4.84. The zero-order chi connectivity index (χ0) is 19.3. The third kappa shape index (κ3) is 2.73. The molecule has 0 spiro atoms. The SMILES string of the molecule is Cc1ncsc1-c1nc2ccccc2n1Cc1cc(=O)[nH]c2c(Cl)cccc12. The van der Waals surface area contributed by atoms with Crippen LogP contribution in [0.5, 0.6) is 0 Å². The number of nitrogens with one attached hydrogen (secondary N) is 1. The predicted octanol–water partition coefficient (Wildman–Crippen LogP) is 5.01. The molecule has 138 valence electrons. The Labute approximate surface area is 169 Å². The minimum Gasteiger partial charge on any atom is -0.321 e. The first-order chi connectivity index (χ1) is 13.6. The number of aryl methyl sites for hydroxylation is 1. The first-order valence-corrected chi connectivity index (χ1v) is 10.0. The van der Waals surface area contributed by atoms with Crippen LogP contribution < -0.4 is 5.56 Å². The Bertz CT molecular complexity index is 1400. The first kappa shape index (κ1) is 17.2. The molecule has 28 heavy (non-hydrogen) atoms. The number of hydrogen-bond donors (Lipinski definition) is 1. The summed E-state index contributed by atoms with van der Waals surface area (Å²) in [7, 11) is 0. The van der Waals surface area contributed by atoms with Gasteiger partial charge in [-0.1, -0.05) is 35.9 Å². The molecular formula is C21H15ClN4OS. The normalized spacial score (nSPS) is 11.5. The molecule has 0 saturated carbocycles. The average Bonchev–Trinajstić information content (AvgIpc) is 3.26. The van der Waals surface area contributed by atoms with Gasteiger partial charge in [-0.2, -0.15) is 0 Å². The number of halogens is 1. The zero-order valence-electron chi connectivity index (χ0n) is 14.9. The number of hydrogen-bond acceptors (Lipinski definition) is 4. The maximum Gasteiger partial charge on any atom is 0.248 e. The molecule has 7 heteroatoms. The van der Waals surface area contributed by atoms with E-state index in [0.717, 1.165) is 38.4 Å². The second-order valence-corrected chi connectivity index (χ2v) is 7.86. The molecular weight excluding hydrogens is 392 g/mol. The minimum atomic E-state index is -0.171. The van der Waals surface area contributed by atoms with Crippen molar-refractivity contribution in [1.82, 2.24) is 19.5 Å². The molecule has 0 aliphatic carbocycles. The second kappa shape index (κ2) is 6.58. The molecule has 0 fully saturated rings. The van der Waals surface area contributed by atoms with Crippen molar-refractivity contribution < 1.29 is 0 Å². The van der Waals surface area contributed by atoms with Crippen molar-refractivity contribution in [2.45, 2.75) is 13.5 Å². The highest BCUT2D eigenvalue weighted by atomic mass is 35.5. The lowest BCUT2D eigenvalue weighted by Crippen LogP contribution is -2.10. The summed E-state index contributed by atoms with van der Waals surface area (Å²) < 4.78 is 2.14. The van der Waals surface area contributed by atoms with Crippen molar-refractivity contribution in [3.63, 3.8) is 0 Å². The van der Waals surface area contributed by atoms with E-state index in [-0.39, 0.29) is 5.56 Å². The molecule has 3 heterocycles. The minimum absolute atomic E-state index is 0.171. The summed E-state index contributed by atoms with van der Waals surface area (Å²) in [5.41, 5.74) is 6.09. The van der Waals surface area contributed by atoms with E-state index in [2.05, 4.69) is 14.5 Å². The lowest BCUT2D eigenvalue weighted by atomic mass is 10.1. The van der Waals surface area contributed by atoms with Crippen LogP contribution in [0.15, 0.2) is 58.8 Å². The van der Waals surface area contributed by atoms with E-state index >= 15 is 0 Å². The van der Waals surface area contributed by atoms with Gasteiger partial charge in [-0.25, -0.2) is 9.97 Å². The maximum atomic E-state index is 12.3. The Morgan fingerprint density at radius 1 is 1.18 bits per heavy atom. The molecule has 5 nitrogen and oxygen atoms in total. The summed E-state index contributed by atoms with van der Waals surface area (Å²) in [6.45, 7) is 2.49. The Kier molecular flexibility index (Phi) is 4.03. The summed E-state index contributed by atoms with van der Waals surface area (Å²) >= 11 is 7.88. The van der Waals surface area contributed by atoms with Crippen LogP contribution in [-0.4, -0.2) is 19.5 Å². The molecule has 5 aromatic rings. The summed E-state index contributed by atoms with van der Waals surface area (Å²) in [4.78, 5) is 25.4. The van der Waals surface area contributed by atoms with Crippen molar-refractivity contribution in [2.75, 3.05) is 0 Å². The molecule has 3 aromatic heterocycles. The van der Waals surface area contributed by atoms with Gasteiger partial charge in [0, 0.05) is 11.5 Å².